The lowest BCUT2D eigenvalue weighted by molar-refractivity contribution is 0.0586. The highest BCUT2D eigenvalue weighted by atomic mass is 16.2. The molecule has 6 heteroatoms. The number of anilines is 1. The molecule has 1 saturated heterocycles. The van der Waals surface area contributed by atoms with Crippen molar-refractivity contribution in [3.63, 3.8) is 0 Å². The van der Waals surface area contributed by atoms with E-state index in [1.807, 2.05) is 11.8 Å². The van der Waals surface area contributed by atoms with Gasteiger partial charge in [0.25, 0.3) is 5.91 Å². The molecule has 1 aromatic heterocycles. The molecular formula is C13H23N5O. The lowest BCUT2D eigenvalue weighted by Gasteiger charge is -2.36. The van der Waals surface area contributed by atoms with Crippen LogP contribution in [-0.2, 0) is 7.05 Å². The van der Waals surface area contributed by atoms with E-state index < -0.39 is 0 Å². The highest BCUT2D eigenvalue weighted by molar-refractivity contribution is 5.98. The fourth-order valence-corrected chi connectivity index (χ4v) is 2.52. The molecule has 0 spiro atoms. The topological polar surface area (TPSA) is 67.4 Å². The van der Waals surface area contributed by atoms with E-state index in [0.717, 1.165) is 26.2 Å². The molecule has 0 aromatic carbocycles. The minimum atomic E-state index is -0.0102. The Balaban J connectivity index is 2.10. The fraction of sp³-hybridized carbons (Fsp3) is 0.692. The molecule has 1 aromatic rings. The smallest absolute Gasteiger partial charge is 0.274 e. The Morgan fingerprint density at radius 3 is 2.26 bits per heavy atom. The van der Waals surface area contributed by atoms with Crippen molar-refractivity contribution in [2.75, 3.05) is 31.9 Å². The fourth-order valence-electron chi connectivity index (χ4n) is 2.52. The molecule has 6 nitrogen and oxygen atoms in total. The highest BCUT2D eigenvalue weighted by Gasteiger charge is 2.27. The second-order valence-corrected chi connectivity index (χ2v) is 5.39. The molecule has 19 heavy (non-hydrogen) atoms. The number of piperazine rings is 1. The number of rotatable bonds is 2. The molecule has 1 amide bonds. The molecule has 2 rings (SSSR count). The summed E-state index contributed by atoms with van der Waals surface area (Å²) in [5.41, 5.74) is 7.67. The number of carbonyl (C=O) groups is 1. The van der Waals surface area contributed by atoms with E-state index in [1.165, 1.54) is 0 Å². The van der Waals surface area contributed by atoms with E-state index in [2.05, 4.69) is 23.8 Å². The van der Waals surface area contributed by atoms with Gasteiger partial charge in [-0.2, -0.15) is 5.10 Å². The standard InChI is InChI=1S/C13H23N5O/c1-9(2)17-5-7-18(8-6-17)13(19)12-11(14)10(3)15-16(12)4/h9H,5-8,14H2,1-4H3. The lowest BCUT2D eigenvalue weighted by Crippen LogP contribution is -2.51. The van der Waals surface area contributed by atoms with Gasteiger partial charge in [-0.25, -0.2) is 0 Å². The summed E-state index contributed by atoms with van der Waals surface area (Å²) in [6, 6.07) is 0.529. The number of nitrogens with zero attached hydrogens (tertiary/aromatic N) is 4. The second kappa shape index (κ2) is 5.21. The first-order valence-electron chi connectivity index (χ1n) is 6.74. The van der Waals surface area contributed by atoms with Crippen LogP contribution in [0.4, 0.5) is 5.69 Å². The van der Waals surface area contributed by atoms with Crippen molar-refractivity contribution in [3.05, 3.63) is 11.4 Å². The van der Waals surface area contributed by atoms with Gasteiger partial charge in [0.1, 0.15) is 5.69 Å². The number of carbonyl (C=O) groups excluding carboxylic acids is 1. The number of hydrogen-bond acceptors (Lipinski definition) is 4. The normalized spacial score (nSPS) is 17.2. The molecule has 106 valence electrons. The Kier molecular flexibility index (Phi) is 3.80. The van der Waals surface area contributed by atoms with Gasteiger partial charge in [-0.3, -0.25) is 14.4 Å². The molecule has 2 N–H and O–H groups in total. The van der Waals surface area contributed by atoms with Crippen LogP contribution in [0.25, 0.3) is 0 Å². The number of aromatic nitrogens is 2. The molecule has 1 aliphatic heterocycles. The molecule has 0 radical (unpaired) electrons. The minimum Gasteiger partial charge on any atom is -0.395 e. The van der Waals surface area contributed by atoms with Gasteiger partial charge in [-0.1, -0.05) is 0 Å². The van der Waals surface area contributed by atoms with Gasteiger partial charge in [-0.05, 0) is 20.8 Å². The zero-order valence-corrected chi connectivity index (χ0v) is 12.2. The largest absolute Gasteiger partial charge is 0.395 e. The van der Waals surface area contributed by atoms with Crippen LogP contribution in [0.15, 0.2) is 0 Å². The summed E-state index contributed by atoms with van der Waals surface area (Å²) in [7, 11) is 1.76. The predicted molar refractivity (Wildman–Crippen MR) is 75.0 cm³/mol. The maximum atomic E-state index is 12.5. The summed E-state index contributed by atoms with van der Waals surface area (Å²) in [6.07, 6.45) is 0. The Hall–Kier alpha value is -1.56. The Morgan fingerprint density at radius 1 is 1.26 bits per heavy atom. The van der Waals surface area contributed by atoms with Crippen molar-refractivity contribution in [2.45, 2.75) is 26.8 Å². The molecular weight excluding hydrogens is 242 g/mol. The van der Waals surface area contributed by atoms with Crippen LogP contribution in [0.1, 0.15) is 30.0 Å². The molecule has 1 aliphatic rings. The van der Waals surface area contributed by atoms with Crippen LogP contribution in [0.3, 0.4) is 0 Å². The van der Waals surface area contributed by atoms with E-state index in [1.54, 1.807) is 11.7 Å². The SMILES string of the molecule is Cc1nn(C)c(C(=O)N2CCN(C(C)C)CC2)c1N. The van der Waals surface area contributed by atoms with Crippen molar-refractivity contribution < 1.29 is 4.79 Å². The minimum absolute atomic E-state index is 0.0102. The molecule has 1 fully saturated rings. The van der Waals surface area contributed by atoms with Crippen molar-refractivity contribution in [2.24, 2.45) is 7.05 Å². The van der Waals surface area contributed by atoms with E-state index >= 15 is 0 Å². The van der Waals surface area contributed by atoms with E-state index in [4.69, 9.17) is 5.73 Å². The Labute approximate surface area is 114 Å². The average molecular weight is 265 g/mol. The first-order chi connectivity index (χ1) is 8.91. The number of nitrogen functional groups attached to an aromatic ring is 1. The van der Waals surface area contributed by atoms with E-state index in [-0.39, 0.29) is 5.91 Å². The monoisotopic (exact) mass is 265 g/mol. The zero-order chi connectivity index (χ0) is 14.2. The van der Waals surface area contributed by atoms with Crippen LogP contribution in [0.5, 0.6) is 0 Å². The average Bonchev–Trinajstić information content (AvgIpc) is 2.62. The summed E-state index contributed by atoms with van der Waals surface area (Å²) in [5.74, 6) is -0.0102. The van der Waals surface area contributed by atoms with Crippen LogP contribution < -0.4 is 5.73 Å². The third-order valence-corrected chi connectivity index (χ3v) is 3.80. The molecule has 0 saturated carbocycles. The number of nitrogens with two attached hydrogens (primary N) is 1. The molecule has 0 atom stereocenters. The summed E-state index contributed by atoms with van der Waals surface area (Å²) in [4.78, 5) is 16.7. The van der Waals surface area contributed by atoms with Crippen LogP contribution in [0, 0.1) is 6.92 Å². The predicted octanol–water partition coefficient (Wildman–Crippen LogP) is 0.477. The third-order valence-electron chi connectivity index (χ3n) is 3.80. The van der Waals surface area contributed by atoms with Crippen molar-refractivity contribution in [3.8, 4) is 0 Å². The number of amides is 1. The van der Waals surface area contributed by atoms with Gasteiger partial charge >= 0.3 is 0 Å². The number of aryl methyl sites for hydroxylation is 2. The van der Waals surface area contributed by atoms with Gasteiger partial charge in [0.2, 0.25) is 0 Å². The van der Waals surface area contributed by atoms with E-state index in [9.17, 15) is 4.79 Å². The highest BCUT2D eigenvalue weighted by Crippen LogP contribution is 2.18. The maximum Gasteiger partial charge on any atom is 0.274 e. The van der Waals surface area contributed by atoms with Gasteiger partial charge in [0.15, 0.2) is 0 Å². The van der Waals surface area contributed by atoms with E-state index in [0.29, 0.717) is 23.1 Å². The van der Waals surface area contributed by atoms with Crippen molar-refractivity contribution in [1.82, 2.24) is 19.6 Å². The summed E-state index contributed by atoms with van der Waals surface area (Å²) in [6.45, 7) is 9.52. The first kappa shape index (κ1) is 13.9. The van der Waals surface area contributed by atoms with Crippen molar-refractivity contribution >= 4 is 11.6 Å². The molecule has 0 bridgehead atoms. The third kappa shape index (κ3) is 2.58. The van der Waals surface area contributed by atoms with Gasteiger partial charge in [-0.15, -0.1) is 0 Å². The second-order valence-electron chi connectivity index (χ2n) is 5.39. The zero-order valence-electron chi connectivity index (χ0n) is 12.2. The van der Waals surface area contributed by atoms with Gasteiger partial charge in [0.05, 0.1) is 11.4 Å². The summed E-state index contributed by atoms with van der Waals surface area (Å²) >= 11 is 0. The molecule has 2 heterocycles. The van der Waals surface area contributed by atoms with Crippen LogP contribution in [-0.4, -0.2) is 57.7 Å². The number of hydrogen-bond donors (Lipinski definition) is 1. The van der Waals surface area contributed by atoms with Crippen LogP contribution in [0.2, 0.25) is 0 Å². The molecule has 0 aliphatic carbocycles. The summed E-state index contributed by atoms with van der Waals surface area (Å²) < 4.78 is 1.59. The Bertz CT molecular complexity index is 472. The maximum absolute atomic E-state index is 12.5. The Morgan fingerprint density at radius 2 is 1.84 bits per heavy atom. The van der Waals surface area contributed by atoms with Crippen LogP contribution >= 0.6 is 0 Å². The van der Waals surface area contributed by atoms with Gasteiger partial charge in [0, 0.05) is 39.3 Å². The quantitative estimate of drug-likeness (QED) is 0.844. The van der Waals surface area contributed by atoms with Crippen molar-refractivity contribution in [1.29, 1.82) is 0 Å². The lowest BCUT2D eigenvalue weighted by atomic mass is 10.2. The van der Waals surface area contributed by atoms with Gasteiger partial charge < -0.3 is 10.6 Å². The molecule has 0 unspecified atom stereocenters. The summed E-state index contributed by atoms with van der Waals surface area (Å²) in [5, 5.41) is 4.20. The first-order valence-corrected chi connectivity index (χ1v) is 6.74.